The van der Waals surface area contributed by atoms with Gasteiger partial charge in [0.15, 0.2) is 0 Å². The van der Waals surface area contributed by atoms with E-state index in [2.05, 4.69) is 9.97 Å². The molecule has 0 amide bonds. The highest BCUT2D eigenvalue weighted by molar-refractivity contribution is 5.58. The quantitative estimate of drug-likeness (QED) is 0.596. The SMILES string of the molecule is CC(C)Oc1nc(N(C)c2ccc([N+](=O)[O-])cc2)ncc1C(F)(F)F. The number of non-ortho nitro benzene ring substituents is 1. The van der Waals surface area contributed by atoms with Crippen LogP contribution in [0.1, 0.15) is 19.4 Å². The minimum atomic E-state index is -4.64. The van der Waals surface area contributed by atoms with Crippen molar-refractivity contribution < 1.29 is 22.8 Å². The molecule has 0 spiro atoms. The number of aromatic nitrogens is 2. The largest absolute Gasteiger partial charge is 0.474 e. The number of nitro groups is 1. The summed E-state index contributed by atoms with van der Waals surface area (Å²) < 4.78 is 44.3. The smallest absolute Gasteiger partial charge is 0.423 e. The first kappa shape index (κ1) is 18.4. The standard InChI is InChI=1S/C15H15F3N4O3/c1-9(2)25-13-12(15(16,17)18)8-19-14(20-13)21(3)10-4-6-11(7-5-10)22(23)24/h4-9H,1-3H3. The molecule has 2 rings (SSSR count). The van der Waals surface area contributed by atoms with E-state index in [-0.39, 0.29) is 11.6 Å². The third kappa shape index (κ3) is 4.34. The summed E-state index contributed by atoms with van der Waals surface area (Å²) in [5.41, 5.74) is -0.697. The maximum absolute atomic E-state index is 13.0. The van der Waals surface area contributed by atoms with Crippen molar-refractivity contribution in [2.75, 3.05) is 11.9 Å². The molecule has 1 heterocycles. The monoisotopic (exact) mass is 356 g/mol. The van der Waals surface area contributed by atoms with Crippen LogP contribution in [0.2, 0.25) is 0 Å². The summed E-state index contributed by atoms with van der Waals surface area (Å²) in [5.74, 6) is -0.598. The van der Waals surface area contributed by atoms with Crippen molar-refractivity contribution in [1.82, 2.24) is 9.97 Å². The Hall–Kier alpha value is -2.91. The molecule has 0 unspecified atom stereocenters. The van der Waals surface area contributed by atoms with Crippen LogP contribution in [-0.2, 0) is 6.18 Å². The number of halogens is 3. The van der Waals surface area contributed by atoms with Crippen molar-refractivity contribution in [3.05, 3.63) is 46.1 Å². The van der Waals surface area contributed by atoms with Gasteiger partial charge in [0.05, 0.1) is 11.0 Å². The van der Waals surface area contributed by atoms with Crippen molar-refractivity contribution in [3.63, 3.8) is 0 Å². The van der Waals surface area contributed by atoms with Gasteiger partial charge in [0.25, 0.3) is 5.69 Å². The Morgan fingerprint density at radius 1 is 1.24 bits per heavy atom. The van der Waals surface area contributed by atoms with Gasteiger partial charge in [0.2, 0.25) is 11.8 Å². The number of anilines is 2. The lowest BCUT2D eigenvalue weighted by Gasteiger charge is -2.20. The highest BCUT2D eigenvalue weighted by Gasteiger charge is 2.36. The Bertz CT molecular complexity index is 764. The molecule has 10 heteroatoms. The molecular weight excluding hydrogens is 341 g/mol. The Morgan fingerprint density at radius 3 is 2.32 bits per heavy atom. The van der Waals surface area contributed by atoms with Gasteiger partial charge in [-0.15, -0.1) is 0 Å². The second kappa shape index (κ2) is 6.91. The third-order valence-corrected chi connectivity index (χ3v) is 3.14. The zero-order chi connectivity index (χ0) is 18.8. The van der Waals surface area contributed by atoms with Crippen molar-refractivity contribution in [1.29, 1.82) is 0 Å². The molecule has 0 radical (unpaired) electrons. The van der Waals surface area contributed by atoms with Gasteiger partial charge in [-0.1, -0.05) is 0 Å². The number of nitrogens with zero attached hydrogens (tertiary/aromatic N) is 4. The molecule has 25 heavy (non-hydrogen) atoms. The molecule has 0 aliphatic carbocycles. The molecule has 0 atom stereocenters. The molecule has 0 bridgehead atoms. The zero-order valence-electron chi connectivity index (χ0n) is 13.6. The highest BCUT2D eigenvalue weighted by Crippen LogP contribution is 2.36. The average Bonchev–Trinajstić information content (AvgIpc) is 2.52. The van der Waals surface area contributed by atoms with Gasteiger partial charge in [0, 0.05) is 31.1 Å². The van der Waals surface area contributed by atoms with Crippen LogP contribution in [0.3, 0.4) is 0 Å². The molecule has 0 saturated carbocycles. The van der Waals surface area contributed by atoms with Crippen LogP contribution in [0.5, 0.6) is 5.88 Å². The Labute approximate surface area is 141 Å². The molecule has 0 N–H and O–H groups in total. The van der Waals surface area contributed by atoms with E-state index in [1.165, 1.54) is 36.2 Å². The predicted molar refractivity (Wildman–Crippen MR) is 84.0 cm³/mol. The Morgan fingerprint density at radius 2 is 1.84 bits per heavy atom. The highest BCUT2D eigenvalue weighted by atomic mass is 19.4. The zero-order valence-corrected chi connectivity index (χ0v) is 13.6. The number of ether oxygens (including phenoxy) is 1. The third-order valence-electron chi connectivity index (χ3n) is 3.14. The lowest BCUT2D eigenvalue weighted by molar-refractivity contribution is -0.384. The van der Waals surface area contributed by atoms with Gasteiger partial charge in [-0.05, 0) is 26.0 Å². The lowest BCUT2D eigenvalue weighted by Crippen LogP contribution is -2.19. The lowest BCUT2D eigenvalue weighted by atomic mass is 10.2. The van der Waals surface area contributed by atoms with E-state index < -0.39 is 28.6 Å². The number of alkyl halides is 3. The summed E-state index contributed by atoms with van der Waals surface area (Å²) in [7, 11) is 1.53. The number of benzene rings is 1. The summed E-state index contributed by atoms with van der Waals surface area (Å²) >= 11 is 0. The average molecular weight is 356 g/mol. The van der Waals surface area contributed by atoms with Crippen LogP contribution >= 0.6 is 0 Å². The van der Waals surface area contributed by atoms with Crippen molar-refractivity contribution in [2.24, 2.45) is 0 Å². The summed E-state index contributed by atoms with van der Waals surface area (Å²) in [6.07, 6.45) is -4.50. The molecule has 1 aromatic heterocycles. The maximum Gasteiger partial charge on any atom is 0.423 e. The van der Waals surface area contributed by atoms with Crippen LogP contribution in [0.4, 0.5) is 30.5 Å². The maximum atomic E-state index is 13.0. The normalized spacial score (nSPS) is 11.5. The predicted octanol–water partition coefficient (Wildman–Crippen LogP) is 3.96. The fraction of sp³-hybridized carbons (Fsp3) is 0.333. The molecule has 7 nitrogen and oxygen atoms in total. The van der Waals surface area contributed by atoms with Crippen LogP contribution in [0, 0.1) is 10.1 Å². The van der Waals surface area contributed by atoms with E-state index in [1.54, 1.807) is 13.8 Å². The number of hydrogen-bond donors (Lipinski definition) is 0. The molecule has 0 aliphatic rings. The van der Waals surface area contributed by atoms with E-state index in [0.717, 1.165) is 0 Å². The topological polar surface area (TPSA) is 81.4 Å². The molecule has 0 aliphatic heterocycles. The minimum absolute atomic E-state index is 0.0301. The van der Waals surface area contributed by atoms with Crippen molar-refractivity contribution >= 4 is 17.3 Å². The van der Waals surface area contributed by atoms with Crippen LogP contribution in [0.15, 0.2) is 30.5 Å². The van der Waals surface area contributed by atoms with Gasteiger partial charge < -0.3 is 9.64 Å². The first-order chi connectivity index (χ1) is 11.6. The van der Waals surface area contributed by atoms with E-state index in [0.29, 0.717) is 11.9 Å². The summed E-state index contributed by atoms with van der Waals surface area (Å²) in [5, 5.41) is 10.7. The molecule has 1 aromatic carbocycles. The fourth-order valence-corrected chi connectivity index (χ4v) is 1.94. The van der Waals surface area contributed by atoms with Gasteiger partial charge in [-0.2, -0.15) is 18.2 Å². The van der Waals surface area contributed by atoms with E-state index in [9.17, 15) is 23.3 Å². The van der Waals surface area contributed by atoms with E-state index >= 15 is 0 Å². The summed E-state index contributed by atoms with van der Waals surface area (Å²) in [6, 6.07) is 5.45. The van der Waals surface area contributed by atoms with Gasteiger partial charge in [-0.3, -0.25) is 10.1 Å². The van der Waals surface area contributed by atoms with E-state index in [1.807, 2.05) is 0 Å². The van der Waals surface area contributed by atoms with Crippen LogP contribution in [-0.4, -0.2) is 28.0 Å². The van der Waals surface area contributed by atoms with E-state index in [4.69, 9.17) is 4.74 Å². The molecule has 134 valence electrons. The second-order valence-corrected chi connectivity index (χ2v) is 5.39. The first-order valence-electron chi connectivity index (χ1n) is 7.18. The van der Waals surface area contributed by atoms with Crippen LogP contribution < -0.4 is 9.64 Å². The van der Waals surface area contributed by atoms with Gasteiger partial charge >= 0.3 is 6.18 Å². The summed E-state index contributed by atoms with van der Waals surface area (Å²) in [4.78, 5) is 19.1. The molecule has 0 saturated heterocycles. The fourth-order valence-electron chi connectivity index (χ4n) is 1.94. The van der Waals surface area contributed by atoms with Crippen molar-refractivity contribution in [2.45, 2.75) is 26.1 Å². The Kier molecular flexibility index (Phi) is 5.10. The number of rotatable bonds is 5. The first-order valence-corrected chi connectivity index (χ1v) is 7.18. The number of hydrogen-bond acceptors (Lipinski definition) is 6. The van der Waals surface area contributed by atoms with Crippen molar-refractivity contribution in [3.8, 4) is 5.88 Å². The molecular formula is C15H15F3N4O3. The Balaban J connectivity index is 2.39. The molecule has 0 fully saturated rings. The van der Waals surface area contributed by atoms with Gasteiger partial charge in [-0.25, -0.2) is 4.98 Å². The van der Waals surface area contributed by atoms with Crippen LogP contribution in [0.25, 0.3) is 0 Å². The minimum Gasteiger partial charge on any atom is -0.474 e. The molecule has 2 aromatic rings. The van der Waals surface area contributed by atoms with Gasteiger partial charge in [0.1, 0.15) is 5.56 Å². The summed E-state index contributed by atoms with van der Waals surface area (Å²) in [6.45, 7) is 3.17. The number of nitro benzene ring substituents is 1. The second-order valence-electron chi connectivity index (χ2n) is 5.39.